The van der Waals surface area contributed by atoms with Crippen LogP contribution in [0.2, 0.25) is 0 Å². The van der Waals surface area contributed by atoms with E-state index in [1.54, 1.807) is 11.3 Å². The van der Waals surface area contributed by atoms with Gasteiger partial charge in [0.25, 0.3) is 0 Å². The van der Waals surface area contributed by atoms with E-state index in [2.05, 4.69) is 17.4 Å². The number of rotatable bonds is 8. The lowest BCUT2D eigenvalue weighted by molar-refractivity contribution is -0.120. The lowest BCUT2D eigenvalue weighted by Gasteiger charge is -2.06. The van der Waals surface area contributed by atoms with Crippen molar-refractivity contribution in [2.75, 3.05) is 13.2 Å². The number of amides is 1. The number of thiophene rings is 1. The van der Waals surface area contributed by atoms with Crippen molar-refractivity contribution in [2.24, 2.45) is 0 Å². The Morgan fingerprint density at radius 3 is 2.71 bits per heavy atom. The molecule has 112 valence electrons. The molecule has 0 aliphatic rings. The highest BCUT2D eigenvalue weighted by Gasteiger charge is 2.03. The zero-order chi connectivity index (χ0) is 14.9. The van der Waals surface area contributed by atoms with Crippen molar-refractivity contribution in [3.8, 4) is 5.75 Å². The smallest absolute Gasteiger partial charge is 0.225 e. The minimum Gasteiger partial charge on any atom is -0.494 e. The van der Waals surface area contributed by atoms with Gasteiger partial charge in [-0.25, -0.2) is 0 Å². The Morgan fingerprint density at radius 2 is 2.05 bits per heavy atom. The van der Waals surface area contributed by atoms with Gasteiger partial charge >= 0.3 is 0 Å². The molecule has 1 aromatic carbocycles. The lowest BCUT2D eigenvalue weighted by atomic mass is 10.1. The molecule has 1 heterocycles. The lowest BCUT2D eigenvalue weighted by Crippen LogP contribution is -2.26. The van der Waals surface area contributed by atoms with Crippen LogP contribution in [0.15, 0.2) is 41.8 Å². The third kappa shape index (κ3) is 5.60. The predicted octanol–water partition coefficient (Wildman–Crippen LogP) is 3.44. The molecule has 0 unspecified atom stereocenters. The number of ether oxygens (including phenoxy) is 1. The summed E-state index contributed by atoms with van der Waals surface area (Å²) >= 11 is 1.62. The second-order valence-electron chi connectivity index (χ2n) is 4.79. The maximum Gasteiger partial charge on any atom is 0.225 e. The SMILES string of the molecule is CCOc1ccc(CCCNC(=O)Cc2cccs2)cc1. The summed E-state index contributed by atoms with van der Waals surface area (Å²) in [6.45, 7) is 3.39. The number of aryl methyl sites for hydroxylation is 1. The van der Waals surface area contributed by atoms with E-state index < -0.39 is 0 Å². The molecule has 3 nitrogen and oxygen atoms in total. The molecule has 2 aromatic rings. The van der Waals surface area contributed by atoms with Crippen LogP contribution in [-0.2, 0) is 17.6 Å². The summed E-state index contributed by atoms with van der Waals surface area (Å²) in [7, 11) is 0. The second-order valence-corrected chi connectivity index (χ2v) is 5.82. The Morgan fingerprint density at radius 1 is 1.24 bits per heavy atom. The fraction of sp³-hybridized carbons (Fsp3) is 0.353. The Kier molecular flexibility index (Phi) is 6.28. The molecule has 1 amide bonds. The summed E-state index contributed by atoms with van der Waals surface area (Å²) in [5.41, 5.74) is 1.27. The Bertz CT molecular complexity index is 534. The molecule has 1 N–H and O–H groups in total. The van der Waals surface area contributed by atoms with E-state index in [-0.39, 0.29) is 5.91 Å². The minimum atomic E-state index is 0.101. The first-order chi connectivity index (χ1) is 10.3. The molecule has 1 aromatic heterocycles. The van der Waals surface area contributed by atoms with Crippen LogP contribution in [-0.4, -0.2) is 19.1 Å². The Labute approximate surface area is 130 Å². The van der Waals surface area contributed by atoms with Gasteiger partial charge < -0.3 is 10.1 Å². The monoisotopic (exact) mass is 303 g/mol. The highest BCUT2D eigenvalue weighted by atomic mass is 32.1. The van der Waals surface area contributed by atoms with E-state index in [1.807, 2.05) is 36.6 Å². The van der Waals surface area contributed by atoms with Gasteiger partial charge in [0.05, 0.1) is 13.0 Å². The maximum absolute atomic E-state index is 11.7. The molecular formula is C17H21NO2S. The zero-order valence-corrected chi connectivity index (χ0v) is 13.1. The predicted molar refractivity (Wildman–Crippen MR) is 87.0 cm³/mol. The fourth-order valence-electron chi connectivity index (χ4n) is 2.07. The number of hydrogen-bond donors (Lipinski definition) is 1. The topological polar surface area (TPSA) is 38.3 Å². The zero-order valence-electron chi connectivity index (χ0n) is 12.3. The molecule has 0 radical (unpaired) electrons. The summed E-state index contributed by atoms with van der Waals surface area (Å²) in [6.07, 6.45) is 2.40. The van der Waals surface area contributed by atoms with E-state index in [0.29, 0.717) is 13.0 Å². The molecule has 0 spiro atoms. The quantitative estimate of drug-likeness (QED) is 0.759. The third-order valence-corrected chi connectivity index (χ3v) is 3.99. The van der Waals surface area contributed by atoms with E-state index in [4.69, 9.17) is 4.74 Å². The first-order valence-electron chi connectivity index (χ1n) is 7.28. The van der Waals surface area contributed by atoms with Crippen LogP contribution in [0, 0.1) is 0 Å². The van der Waals surface area contributed by atoms with E-state index in [9.17, 15) is 4.79 Å². The van der Waals surface area contributed by atoms with Crippen molar-refractivity contribution in [3.63, 3.8) is 0 Å². The number of benzene rings is 1. The third-order valence-electron chi connectivity index (χ3n) is 3.11. The second kappa shape index (κ2) is 8.47. The van der Waals surface area contributed by atoms with Crippen LogP contribution in [0.25, 0.3) is 0 Å². The Balaban J connectivity index is 1.63. The van der Waals surface area contributed by atoms with Crippen molar-refractivity contribution in [3.05, 3.63) is 52.2 Å². The average Bonchev–Trinajstić information content (AvgIpc) is 2.98. The number of carbonyl (C=O) groups is 1. The molecule has 0 atom stereocenters. The number of hydrogen-bond acceptors (Lipinski definition) is 3. The van der Waals surface area contributed by atoms with E-state index in [1.165, 1.54) is 5.56 Å². The molecule has 0 saturated heterocycles. The van der Waals surface area contributed by atoms with Gasteiger partial charge in [0.15, 0.2) is 0 Å². The van der Waals surface area contributed by atoms with Crippen LogP contribution in [0.3, 0.4) is 0 Å². The van der Waals surface area contributed by atoms with Crippen LogP contribution < -0.4 is 10.1 Å². The van der Waals surface area contributed by atoms with Gasteiger partial charge in [-0.2, -0.15) is 0 Å². The van der Waals surface area contributed by atoms with E-state index in [0.717, 1.165) is 30.0 Å². The van der Waals surface area contributed by atoms with Crippen LogP contribution in [0.1, 0.15) is 23.8 Å². The van der Waals surface area contributed by atoms with E-state index >= 15 is 0 Å². The van der Waals surface area contributed by atoms with Gasteiger partial charge in [-0.3, -0.25) is 4.79 Å². The van der Waals surface area contributed by atoms with Crippen molar-refractivity contribution in [1.29, 1.82) is 0 Å². The first-order valence-corrected chi connectivity index (χ1v) is 8.16. The maximum atomic E-state index is 11.7. The van der Waals surface area contributed by atoms with Gasteiger partial charge in [0, 0.05) is 11.4 Å². The molecule has 0 aliphatic heterocycles. The normalized spacial score (nSPS) is 10.3. The highest BCUT2D eigenvalue weighted by molar-refractivity contribution is 7.10. The van der Waals surface area contributed by atoms with Gasteiger partial charge in [0.1, 0.15) is 5.75 Å². The average molecular weight is 303 g/mol. The van der Waals surface area contributed by atoms with Gasteiger partial charge in [0.2, 0.25) is 5.91 Å². The molecule has 21 heavy (non-hydrogen) atoms. The van der Waals surface area contributed by atoms with Crippen molar-refractivity contribution in [1.82, 2.24) is 5.32 Å². The molecule has 0 saturated carbocycles. The summed E-state index contributed by atoms with van der Waals surface area (Å²) in [4.78, 5) is 12.8. The Hall–Kier alpha value is -1.81. The molecule has 4 heteroatoms. The largest absolute Gasteiger partial charge is 0.494 e. The first kappa shape index (κ1) is 15.6. The van der Waals surface area contributed by atoms with Crippen LogP contribution >= 0.6 is 11.3 Å². The highest BCUT2D eigenvalue weighted by Crippen LogP contribution is 2.13. The van der Waals surface area contributed by atoms with Gasteiger partial charge in [-0.15, -0.1) is 11.3 Å². The summed E-state index contributed by atoms with van der Waals surface area (Å²) in [5.74, 6) is 1.01. The molecule has 0 aliphatic carbocycles. The van der Waals surface area contributed by atoms with Crippen molar-refractivity contribution >= 4 is 17.2 Å². The summed E-state index contributed by atoms with van der Waals surface area (Å²) in [5, 5.41) is 4.96. The molecular weight excluding hydrogens is 282 g/mol. The minimum absolute atomic E-state index is 0.101. The van der Waals surface area contributed by atoms with Crippen molar-refractivity contribution < 1.29 is 9.53 Å². The number of nitrogens with one attached hydrogen (secondary N) is 1. The van der Waals surface area contributed by atoms with Gasteiger partial charge in [-0.05, 0) is 48.9 Å². The van der Waals surface area contributed by atoms with Gasteiger partial charge in [-0.1, -0.05) is 18.2 Å². The molecule has 2 rings (SSSR count). The van der Waals surface area contributed by atoms with Crippen LogP contribution in [0.5, 0.6) is 5.75 Å². The van der Waals surface area contributed by atoms with Crippen molar-refractivity contribution in [2.45, 2.75) is 26.2 Å². The molecule has 0 bridgehead atoms. The summed E-state index contributed by atoms with van der Waals surface area (Å²) < 4.78 is 5.41. The molecule has 0 fully saturated rings. The standard InChI is InChI=1S/C17H21NO2S/c1-2-20-15-9-7-14(8-10-15)5-3-11-18-17(19)13-16-6-4-12-21-16/h4,6-10,12H,2-3,5,11,13H2,1H3,(H,18,19). The number of carbonyl (C=O) groups excluding carboxylic acids is 1. The fourth-order valence-corrected chi connectivity index (χ4v) is 2.78. The summed E-state index contributed by atoms with van der Waals surface area (Å²) in [6, 6.07) is 12.1. The van der Waals surface area contributed by atoms with Crippen LogP contribution in [0.4, 0.5) is 0 Å².